The Morgan fingerprint density at radius 3 is 2.25 bits per heavy atom. The molecule has 0 atom stereocenters. The number of aliphatic carboxylic acids is 1. The third-order valence-electron chi connectivity index (χ3n) is 4.21. The van der Waals surface area contributed by atoms with Crippen molar-refractivity contribution in [2.24, 2.45) is 0 Å². The monoisotopic (exact) mass is 461 g/mol. The Labute approximate surface area is 185 Å². The standard InChI is InChI=1S/C23H15ClF3NO4/c24-18-8-4-5-9-20(18)32-16-11-10-15(17(13-16)23(25,26)27)12-19(22(30)31)28-21(29)14-6-2-1-3-7-14/h1-13H,(H,28,29)(H,30,31). The molecule has 0 aliphatic rings. The summed E-state index contributed by atoms with van der Waals surface area (Å²) in [5.74, 6) is -2.36. The lowest BCUT2D eigenvalue weighted by molar-refractivity contribution is -0.138. The first kappa shape index (κ1) is 22.9. The molecule has 0 radical (unpaired) electrons. The molecule has 2 N–H and O–H groups in total. The van der Waals surface area contributed by atoms with Gasteiger partial charge >= 0.3 is 12.1 Å². The summed E-state index contributed by atoms with van der Waals surface area (Å²) in [7, 11) is 0. The van der Waals surface area contributed by atoms with E-state index in [-0.39, 0.29) is 22.1 Å². The molecule has 9 heteroatoms. The fourth-order valence-electron chi connectivity index (χ4n) is 2.72. The zero-order chi connectivity index (χ0) is 23.3. The van der Waals surface area contributed by atoms with Crippen LogP contribution in [0.2, 0.25) is 5.02 Å². The van der Waals surface area contributed by atoms with E-state index in [1.54, 1.807) is 30.3 Å². The van der Waals surface area contributed by atoms with Gasteiger partial charge in [-0.2, -0.15) is 13.2 Å². The first-order valence-corrected chi connectivity index (χ1v) is 9.48. The van der Waals surface area contributed by atoms with Crippen molar-refractivity contribution in [1.82, 2.24) is 5.32 Å². The number of amides is 1. The van der Waals surface area contributed by atoms with Crippen molar-refractivity contribution >= 4 is 29.6 Å². The van der Waals surface area contributed by atoms with Gasteiger partial charge in [0.1, 0.15) is 17.2 Å². The molecule has 0 saturated heterocycles. The first-order valence-electron chi connectivity index (χ1n) is 9.10. The lowest BCUT2D eigenvalue weighted by atomic mass is 10.0. The van der Waals surface area contributed by atoms with Crippen molar-refractivity contribution in [2.75, 3.05) is 0 Å². The average molecular weight is 462 g/mol. The molecule has 5 nitrogen and oxygen atoms in total. The molecule has 1 amide bonds. The number of alkyl halides is 3. The number of carboxylic acid groups (broad SMARTS) is 1. The number of halogens is 4. The molecule has 0 aliphatic carbocycles. The minimum absolute atomic E-state index is 0.146. The number of carboxylic acids is 1. The second-order valence-electron chi connectivity index (χ2n) is 6.46. The van der Waals surface area contributed by atoms with Crippen LogP contribution in [0, 0.1) is 0 Å². The maximum Gasteiger partial charge on any atom is 0.417 e. The Bertz CT molecular complexity index is 1180. The summed E-state index contributed by atoms with van der Waals surface area (Å²) in [6.07, 6.45) is -4.08. The summed E-state index contributed by atoms with van der Waals surface area (Å²) in [4.78, 5) is 23.8. The highest BCUT2D eigenvalue weighted by molar-refractivity contribution is 6.32. The highest BCUT2D eigenvalue weighted by Crippen LogP contribution is 2.37. The van der Waals surface area contributed by atoms with Crippen molar-refractivity contribution in [3.63, 3.8) is 0 Å². The number of rotatable bonds is 6. The molecule has 0 aromatic heterocycles. The molecule has 0 spiro atoms. The summed E-state index contributed by atoms with van der Waals surface area (Å²) in [5.41, 5.74) is -2.17. The molecule has 164 valence electrons. The van der Waals surface area contributed by atoms with Crippen LogP contribution in [-0.2, 0) is 11.0 Å². The first-order chi connectivity index (χ1) is 15.1. The van der Waals surface area contributed by atoms with Gasteiger partial charge in [-0.15, -0.1) is 0 Å². The third kappa shape index (κ3) is 5.67. The smallest absolute Gasteiger partial charge is 0.417 e. The zero-order valence-electron chi connectivity index (χ0n) is 16.2. The fraction of sp³-hybridized carbons (Fsp3) is 0.0435. The van der Waals surface area contributed by atoms with Crippen molar-refractivity contribution in [3.05, 3.63) is 100 Å². The number of ether oxygens (including phenoxy) is 1. The maximum absolute atomic E-state index is 13.7. The molecule has 0 fully saturated rings. The molecule has 0 saturated carbocycles. The van der Waals surface area contributed by atoms with Gasteiger partial charge in [0, 0.05) is 5.56 Å². The quantitative estimate of drug-likeness (QED) is 0.441. The van der Waals surface area contributed by atoms with Gasteiger partial charge in [-0.25, -0.2) is 4.79 Å². The molecule has 0 heterocycles. The van der Waals surface area contributed by atoms with Gasteiger partial charge < -0.3 is 15.2 Å². The Balaban J connectivity index is 1.97. The van der Waals surface area contributed by atoms with Gasteiger partial charge in [0.15, 0.2) is 0 Å². The van der Waals surface area contributed by atoms with E-state index < -0.39 is 34.9 Å². The predicted molar refractivity (Wildman–Crippen MR) is 112 cm³/mol. The molecular weight excluding hydrogens is 447 g/mol. The minimum Gasteiger partial charge on any atom is -0.477 e. The van der Waals surface area contributed by atoms with E-state index in [9.17, 15) is 27.9 Å². The SMILES string of the molecule is O=C(O)C(=Cc1ccc(Oc2ccccc2Cl)cc1C(F)(F)F)NC(=O)c1ccccc1. The number of benzene rings is 3. The van der Waals surface area contributed by atoms with E-state index in [0.717, 1.165) is 18.2 Å². The summed E-state index contributed by atoms with van der Waals surface area (Å²) >= 11 is 5.98. The Morgan fingerprint density at radius 2 is 1.62 bits per heavy atom. The van der Waals surface area contributed by atoms with E-state index in [1.165, 1.54) is 30.3 Å². The Kier molecular flexibility index (Phi) is 6.85. The van der Waals surface area contributed by atoms with Gasteiger partial charge in [0.05, 0.1) is 10.6 Å². The summed E-state index contributed by atoms with van der Waals surface area (Å²) in [6, 6.07) is 17.0. The van der Waals surface area contributed by atoms with Crippen LogP contribution < -0.4 is 10.1 Å². The van der Waals surface area contributed by atoms with Crippen LogP contribution in [0.5, 0.6) is 11.5 Å². The molecule has 3 aromatic carbocycles. The average Bonchev–Trinajstić information content (AvgIpc) is 2.75. The van der Waals surface area contributed by atoms with E-state index >= 15 is 0 Å². The lowest BCUT2D eigenvalue weighted by Crippen LogP contribution is -2.27. The molecule has 0 unspecified atom stereocenters. The highest BCUT2D eigenvalue weighted by atomic mass is 35.5. The molecule has 32 heavy (non-hydrogen) atoms. The second kappa shape index (κ2) is 9.57. The maximum atomic E-state index is 13.7. The van der Waals surface area contributed by atoms with Crippen molar-refractivity contribution in [2.45, 2.75) is 6.18 Å². The second-order valence-corrected chi connectivity index (χ2v) is 6.87. The number of para-hydroxylation sites is 1. The zero-order valence-corrected chi connectivity index (χ0v) is 16.9. The molecular formula is C23H15ClF3NO4. The number of hydrogen-bond acceptors (Lipinski definition) is 3. The van der Waals surface area contributed by atoms with Gasteiger partial charge in [0.25, 0.3) is 5.91 Å². The van der Waals surface area contributed by atoms with Gasteiger partial charge in [-0.3, -0.25) is 4.79 Å². The normalized spacial score (nSPS) is 11.7. The van der Waals surface area contributed by atoms with E-state index in [1.807, 2.05) is 0 Å². The van der Waals surface area contributed by atoms with Crippen LogP contribution in [0.25, 0.3) is 6.08 Å². The summed E-state index contributed by atoms with van der Waals surface area (Å²) < 4.78 is 46.5. The van der Waals surface area contributed by atoms with Crippen molar-refractivity contribution in [3.8, 4) is 11.5 Å². The third-order valence-corrected chi connectivity index (χ3v) is 4.52. The van der Waals surface area contributed by atoms with Crippen LogP contribution in [-0.4, -0.2) is 17.0 Å². The number of nitrogens with one attached hydrogen (secondary N) is 1. The molecule has 0 aliphatic heterocycles. The minimum atomic E-state index is -4.82. The van der Waals surface area contributed by atoms with Gasteiger partial charge in [0.2, 0.25) is 0 Å². The number of carbonyl (C=O) groups is 2. The fourth-order valence-corrected chi connectivity index (χ4v) is 2.89. The Morgan fingerprint density at radius 1 is 0.969 bits per heavy atom. The van der Waals surface area contributed by atoms with Crippen LogP contribution in [0.3, 0.4) is 0 Å². The highest BCUT2D eigenvalue weighted by Gasteiger charge is 2.34. The number of carbonyl (C=O) groups excluding carboxylic acids is 1. The predicted octanol–water partition coefficient (Wildman–Crippen LogP) is 6.01. The van der Waals surface area contributed by atoms with Crippen molar-refractivity contribution in [1.29, 1.82) is 0 Å². The van der Waals surface area contributed by atoms with Crippen LogP contribution in [0.15, 0.2) is 78.5 Å². The van der Waals surface area contributed by atoms with Crippen LogP contribution in [0.1, 0.15) is 21.5 Å². The molecule has 3 aromatic rings. The number of hydrogen-bond donors (Lipinski definition) is 2. The summed E-state index contributed by atoms with van der Waals surface area (Å²) in [6.45, 7) is 0. The van der Waals surface area contributed by atoms with Crippen molar-refractivity contribution < 1.29 is 32.6 Å². The van der Waals surface area contributed by atoms with Crippen LogP contribution >= 0.6 is 11.6 Å². The van der Waals surface area contributed by atoms with Crippen LogP contribution in [0.4, 0.5) is 13.2 Å². The molecule has 3 rings (SSSR count). The van der Waals surface area contributed by atoms with Gasteiger partial charge in [-0.1, -0.05) is 48.0 Å². The summed E-state index contributed by atoms with van der Waals surface area (Å²) in [5, 5.41) is 11.7. The molecule has 0 bridgehead atoms. The Hall–Kier alpha value is -3.78. The van der Waals surface area contributed by atoms with E-state index in [2.05, 4.69) is 5.32 Å². The lowest BCUT2D eigenvalue weighted by Gasteiger charge is -2.14. The topological polar surface area (TPSA) is 75.6 Å². The largest absolute Gasteiger partial charge is 0.477 e. The van der Waals surface area contributed by atoms with E-state index in [0.29, 0.717) is 0 Å². The van der Waals surface area contributed by atoms with Gasteiger partial charge in [-0.05, 0) is 48.0 Å². The van der Waals surface area contributed by atoms with E-state index in [4.69, 9.17) is 16.3 Å².